The van der Waals surface area contributed by atoms with Crippen LogP contribution in [0.2, 0.25) is 0 Å². The van der Waals surface area contributed by atoms with Crippen molar-refractivity contribution < 1.29 is 9.53 Å². The zero-order valence-corrected chi connectivity index (χ0v) is 18.5. The highest BCUT2D eigenvalue weighted by Gasteiger charge is 2.17. The molecule has 0 fully saturated rings. The van der Waals surface area contributed by atoms with Crippen molar-refractivity contribution in [3.05, 3.63) is 78.6 Å². The van der Waals surface area contributed by atoms with Gasteiger partial charge in [0.15, 0.2) is 11.0 Å². The van der Waals surface area contributed by atoms with Crippen molar-refractivity contribution in [2.24, 2.45) is 12.1 Å². The summed E-state index contributed by atoms with van der Waals surface area (Å²) in [7, 11) is 3.54. The molecule has 2 heterocycles. The summed E-state index contributed by atoms with van der Waals surface area (Å²) in [6.45, 7) is 0. The van der Waals surface area contributed by atoms with Gasteiger partial charge in [0.25, 0.3) is 5.91 Å². The van der Waals surface area contributed by atoms with Gasteiger partial charge in [0.2, 0.25) is 0 Å². The van der Waals surface area contributed by atoms with E-state index in [0.717, 1.165) is 22.7 Å². The molecule has 1 N–H and O–H groups in total. The van der Waals surface area contributed by atoms with Gasteiger partial charge in [0.05, 0.1) is 24.8 Å². The maximum atomic E-state index is 12.3. The number of aryl methyl sites for hydroxylation is 1. The van der Waals surface area contributed by atoms with E-state index < -0.39 is 0 Å². The highest BCUT2D eigenvalue weighted by atomic mass is 32.2. The van der Waals surface area contributed by atoms with E-state index in [4.69, 9.17) is 4.74 Å². The van der Waals surface area contributed by atoms with E-state index >= 15 is 0 Å². The molecule has 0 saturated heterocycles. The third kappa shape index (κ3) is 4.89. The second-order valence-corrected chi connectivity index (χ2v) is 7.77. The number of para-hydroxylation sites is 1. The summed E-state index contributed by atoms with van der Waals surface area (Å²) in [4.78, 5) is 12.3. The Morgan fingerprint density at radius 3 is 2.56 bits per heavy atom. The Labute approximate surface area is 189 Å². The fourth-order valence-electron chi connectivity index (χ4n) is 3.04. The molecule has 9 heteroatoms. The molecule has 0 spiro atoms. The molecule has 8 nitrogen and oxygen atoms in total. The quantitative estimate of drug-likeness (QED) is 0.254. The van der Waals surface area contributed by atoms with Crippen LogP contribution in [0.25, 0.3) is 17.1 Å². The van der Waals surface area contributed by atoms with Crippen LogP contribution in [0.5, 0.6) is 5.75 Å². The van der Waals surface area contributed by atoms with Crippen LogP contribution in [0.1, 0.15) is 5.69 Å². The number of hydrazone groups is 1. The fourth-order valence-corrected chi connectivity index (χ4v) is 3.79. The van der Waals surface area contributed by atoms with Gasteiger partial charge in [-0.05, 0) is 48.5 Å². The summed E-state index contributed by atoms with van der Waals surface area (Å²) < 4.78 is 9.10. The molecule has 0 aliphatic rings. The van der Waals surface area contributed by atoms with E-state index in [-0.39, 0.29) is 11.7 Å². The molecule has 2 aromatic heterocycles. The molecule has 0 bridgehead atoms. The Balaban J connectivity index is 1.52. The molecular weight excluding hydrogens is 424 g/mol. The molecule has 32 heavy (non-hydrogen) atoms. The van der Waals surface area contributed by atoms with Crippen molar-refractivity contribution in [2.75, 3.05) is 12.9 Å². The van der Waals surface area contributed by atoms with Gasteiger partial charge in [0, 0.05) is 24.5 Å². The summed E-state index contributed by atoms with van der Waals surface area (Å²) >= 11 is 1.30. The van der Waals surface area contributed by atoms with Crippen molar-refractivity contribution in [2.45, 2.75) is 5.16 Å². The number of rotatable bonds is 8. The average Bonchev–Trinajstić information content (AvgIpc) is 3.44. The molecule has 1 amide bonds. The summed E-state index contributed by atoms with van der Waals surface area (Å²) in [5, 5.41) is 13.4. The van der Waals surface area contributed by atoms with Crippen LogP contribution < -0.4 is 10.2 Å². The van der Waals surface area contributed by atoms with Crippen LogP contribution in [0.15, 0.2) is 83.2 Å². The molecule has 2 aromatic carbocycles. The summed E-state index contributed by atoms with van der Waals surface area (Å²) in [5.74, 6) is 1.37. The second-order valence-electron chi connectivity index (χ2n) is 6.83. The van der Waals surface area contributed by atoms with Gasteiger partial charge in [-0.3, -0.25) is 9.36 Å². The van der Waals surface area contributed by atoms with Crippen LogP contribution in [0, 0.1) is 0 Å². The summed E-state index contributed by atoms with van der Waals surface area (Å²) in [6.07, 6.45) is 3.52. The van der Waals surface area contributed by atoms with Gasteiger partial charge in [0.1, 0.15) is 5.75 Å². The van der Waals surface area contributed by atoms with Crippen LogP contribution >= 0.6 is 11.8 Å². The van der Waals surface area contributed by atoms with Gasteiger partial charge in [-0.15, -0.1) is 10.2 Å². The smallest absolute Gasteiger partial charge is 0.250 e. The number of carbonyl (C=O) groups excluding carboxylic acids is 1. The molecule has 0 saturated carbocycles. The average molecular weight is 447 g/mol. The van der Waals surface area contributed by atoms with Gasteiger partial charge in [-0.1, -0.05) is 30.0 Å². The molecule has 0 atom stereocenters. The van der Waals surface area contributed by atoms with Gasteiger partial charge in [-0.2, -0.15) is 5.10 Å². The first-order valence-electron chi connectivity index (χ1n) is 9.87. The number of thioether (sulfide) groups is 1. The van der Waals surface area contributed by atoms with E-state index in [9.17, 15) is 4.79 Å². The maximum Gasteiger partial charge on any atom is 0.250 e. The van der Waals surface area contributed by atoms with E-state index in [1.54, 1.807) is 13.3 Å². The molecule has 0 unspecified atom stereocenters. The van der Waals surface area contributed by atoms with Crippen LogP contribution in [-0.4, -0.2) is 44.3 Å². The van der Waals surface area contributed by atoms with E-state index in [1.807, 2.05) is 89.1 Å². The monoisotopic (exact) mass is 446 g/mol. The van der Waals surface area contributed by atoms with Crippen molar-refractivity contribution in [3.8, 4) is 22.8 Å². The third-order valence-corrected chi connectivity index (χ3v) is 5.63. The Hall–Kier alpha value is -3.85. The van der Waals surface area contributed by atoms with Crippen molar-refractivity contribution >= 4 is 23.9 Å². The first kappa shape index (κ1) is 21.4. The predicted molar refractivity (Wildman–Crippen MR) is 125 cm³/mol. The maximum absolute atomic E-state index is 12.3. The fraction of sp³-hybridized carbons (Fsp3) is 0.130. The van der Waals surface area contributed by atoms with Crippen LogP contribution in [0.4, 0.5) is 0 Å². The molecule has 4 rings (SSSR count). The Bertz CT molecular complexity index is 1220. The Morgan fingerprint density at radius 1 is 1.09 bits per heavy atom. The normalized spacial score (nSPS) is 11.1. The first-order valence-corrected chi connectivity index (χ1v) is 10.9. The minimum Gasteiger partial charge on any atom is -0.497 e. The predicted octanol–water partition coefficient (Wildman–Crippen LogP) is 3.52. The number of benzene rings is 2. The number of nitrogens with one attached hydrogen (secondary N) is 1. The lowest BCUT2D eigenvalue weighted by Crippen LogP contribution is -2.20. The molecule has 4 aromatic rings. The van der Waals surface area contributed by atoms with Gasteiger partial charge < -0.3 is 9.30 Å². The number of amides is 1. The topological polar surface area (TPSA) is 86.3 Å². The standard InChI is InChI=1S/C23H22N6O2S/c1-28-14-6-9-19(28)15-24-25-21(30)16-32-23-27-26-22(17-10-12-20(31-2)13-11-17)29(23)18-7-4-3-5-8-18/h3-15H,16H2,1-2H3,(H,25,30)/b24-15-. The minimum absolute atomic E-state index is 0.151. The van der Waals surface area contributed by atoms with Gasteiger partial charge >= 0.3 is 0 Å². The number of nitrogens with zero attached hydrogens (tertiary/aromatic N) is 5. The molecular formula is C23H22N6O2S. The SMILES string of the molecule is COc1ccc(-c2nnc(SCC(=O)N/N=C\c3cccn3C)n2-c2ccccc2)cc1. The van der Waals surface area contributed by atoms with Gasteiger partial charge in [-0.25, -0.2) is 5.43 Å². The van der Waals surface area contributed by atoms with Crippen molar-refractivity contribution in [1.29, 1.82) is 0 Å². The highest BCUT2D eigenvalue weighted by molar-refractivity contribution is 7.99. The first-order chi connectivity index (χ1) is 15.7. The van der Waals surface area contributed by atoms with Crippen LogP contribution in [0.3, 0.4) is 0 Å². The van der Waals surface area contributed by atoms with E-state index in [0.29, 0.717) is 11.0 Å². The van der Waals surface area contributed by atoms with E-state index in [1.165, 1.54) is 11.8 Å². The number of aromatic nitrogens is 4. The zero-order chi connectivity index (χ0) is 22.3. The second kappa shape index (κ2) is 9.97. The van der Waals surface area contributed by atoms with Crippen molar-refractivity contribution in [1.82, 2.24) is 24.8 Å². The highest BCUT2D eigenvalue weighted by Crippen LogP contribution is 2.28. The van der Waals surface area contributed by atoms with Crippen LogP contribution in [-0.2, 0) is 11.8 Å². The summed E-state index contributed by atoms with van der Waals surface area (Å²) in [5.41, 5.74) is 5.25. The molecule has 0 aliphatic heterocycles. The molecule has 162 valence electrons. The lowest BCUT2D eigenvalue weighted by molar-refractivity contribution is -0.118. The van der Waals surface area contributed by atoms with Crippen molar-refractivity contribution in [3.63, 3.8) is 0 Å². The molecule has 0 radical (unpaired) electrons. The van der Waals surface area contributed by atoms with E-state index in [2.05, 4.69) is 20.7 Å². The summed E-state index contributed by atoms with van der Waals surface area (Å²) in [6, 6.07) is 21.3. The lowest BCUT2D eigenvalue weighted by Gasteiger charge is -2.10. The lowest BCUT2D eigenvalue weighted by atomic mass is 10.2. The third-order valence-electron chi connectivity index (χ3n) is 4.70. The molecule has 0 aliphatic carbocycles. The Morgan fingerprint density at radius 2 is 1.88 bits per heavy atom. The number of hydrogen-bond donors (Lipinski definition) is 1. The zero-order valence-electron chi connectivity index (χ0n) is 17.7. The number of carbonyl (C=O) groups is 1. The largest absolute Gasteiger partial charge is 0.497 e. The minimum atomic E-state index is -0.228. The number of methoxy groups -OCH3 is 1. The Kier molecular flexibility index (Phi) is 6.66. The number of ether oxygens (including phenoxy) is 1. The number of hydrogen-bond acceptors (Lipinski definition) is 6.